The maximum atomic E-state index is 12.0. The summed E-state index contributed by atoms with van der Waals surface area (Å²) in [6.45, 7) is 7.44. The van der Waals surface area contributed by atoms with E-state index >= 15 is 0 Å². The van der Waals surface area contributed by atoms with Crippen LogP contribution in [0.2, 0.25) is 0 Å². The molecule has 0 unspecified atom stereocenters. The minimum Gasteiger partial charge on any atom is -0.465 e. The second kappa shape index (κ2) is 8.39. The highest BCUT2D eigenvalue weighted by Crippen LogP contribution is 2.27. The lowest BCUT2D eigenvalue weighted by molar-refractivity contribution is -0.144. The van der Waals surface area contributed by atoms with Gasteiger partial charge in [-0.3, -0.25) is 19.1 Å². The summed E-state index contributed by atoms with van der Waals surface area (Å²) < 4.78 is 6.76. The van der Waals surface area contributed by atoms with Crippen LogP contribution in [0.15, 0.2) is 42.3 Å². The summed E-state index contributed by atoms with van der Waals surface area (Å²) >= 11 is 1.03. The second-order valence-corrected chi connectivity index (χ2v) is 5.87. The lowest BCUT2D eigenvalue weighted by Crippen LogP contribution is -2.27. The molecule has 2 heterocycles. The molecule has 126 valence electrons. The van der Waals surface area contributed by atoms with Crippen molar-refractivity contribution in [3.63, 3.8) is 0 Å². The number of esters is 1. The van der Waals surface area contributed by atoms with Gasteiger partial charge in [0.2, 0.25) is 0 Å². The lowest BCUT2D eigenvalue weighted by Gasteiger charge is -2.13. The molecule has 2 aromatic rings. The SMILES string of the molecule is C=CCn1c(S[C@H](C(C)=O)C(=O)OCC)nnc1-c1ccncc1. The molecule has 0 aliphatic heterocycles. The normalized spacial score (nSPS) is 11.8. The van der Waals surface area contributed by atoms with E-state index in [1.54, 1.807) is 30.0 Å². The van der Waals surface area contributed by atoms with Gasteiger partial charge in [0.1, 0.15) is 0 Å². The molecule has 0 aliphatic carbocycles. The maximum absolute atomic E-state index is 12.0. The number of nitrogens with zero attached hydrogens (tertiary/aromatic N) is 4. The van der Waals surface area contributed by atoms with Crippen LogP contribution in [0.4, 0.5) is 0 Å². The molecule has 7 nitrogen and oxygen atoms in total. The van der Waals surface area contributed by atoms with Gasteiger partial charge in [-0.15, -0.1) is 16.8 Å². The Morgan fingerprint density at radius 1 is 1.38 bits per heavy atom. The van der Waals surface area contributed by atoms with E-state index in [2.05, 4.69) is 21.8 Å². The van der Waals surface area contributed by atoms with Gasteiger partial charge in [0.15, 0.2) is 22.0 Å². The molecule has 2 aromatic heterocycles. The highest BCUT2D eigenvalue weighted by Gasteiger charge is 2.29. The molecule has 0 amide bonds. The van der Waals surface area contributed by atoms with Crippen molar-refractivity contribution in [1.29, 1.82) is 0 Å². The molecule has 0 fully saturated rings. The first kappa shape index (κ1) is 17.9. The lowest BCUT2D eigenvalue weighted by atomic mass is 10.2. The molecule has 0 saturated heterocycles. The number of thioether (sulfide) groups is 1. The number of Topliss-reactive ketones (excluding diaryl/α,β-unsaturated/α-hetero) is 1. The van der Waals surface area contributed by atoms with E-state index < -0.39 is 11.2 Å². The number of pyridine rings is 1. The molecular weight excluding hydrogens is 328 g/mol. The summed E-state index contributed by atoms with van der Waals surface area (Å²) in [6.07, 6.45) is 5.02. The minimum atomic E-state index is -0.969. The van der Waals surface area contributed by atoms with E-state index in [0.29, 0.717) is 17.5 Å². The number of allylic oxidation sites excluding steroid dienone is 1. The van der Waals surface area contributed by atoms with Crippen LogP contribution in [0.3, 0.4) is 0 Å². The van der Waals surface area contributed by atoms with Gasteiger partial charge in [-0.05, 0) is 26.0 Å². The molecule has 0 aromatic carbocycles. The molecule has 1 atom stereocenters. The van der Waals surface area contributed by atoms with Crippen LogP contribution in [0, 0.1) is 0 Å². The number of hydrogen-bond acceptors (Lipinski definition) is 7. The first-order valence-corrected chi connectivity index (χ1v) is 8.24. The van der Waals surface area contributed by atoms with E-state index in [1.807, 2.05) is 12.1 Å². The Bertz CT molecular complexity index is 730. The predicted molar refractivity (Wildman–Crippen MR) is 90.4 cm³/mol. The predicted octanol–water partition coefficient (Wildman–Crippen LogP) is 2.14. The summed E-state index contributed by atoms with van der Waals surface area (Å²) in [6, 6.07) is 3.62. The Morgan fingerprint density at radius 2 is 2.08 bits per heavy atom. The smallest absolute Gasteiger partial charge is 0.327 e. The Labute approximate surface area is 144 Å². The van der Waals surface area contributed by atoms with Gasteiger partial charge in [0.05, 0.1) is 6.61 Å². The fourth-order valence-electron chi connectivity index (χ4n) is 2.00. The number of rotatable bonds is 8. The minimum absolute atomic E-state index is 0.213. The maximum Gasteiger partial charge on any atom is 0.327 e. The Kier molecular flexibility index (Phi) is 6.25. The van der Waals surface area contributed by atoms with Gasteiger partial charge >= 0.3 is 5.97 Å². The molecule has 0 radical (unpaired) electrons. The van der Waals surface area contributed by atoms with Crippen LogP contribution < -0.4 is 0 Å². The van der Waals surface area contributed by atoms with Crippen molar-refractivity contribution < 1.29 is 14.3 Å². The first-order chi connectivity index (χ1) is 11.6. The summed E-state index contributed by atoms with van der Waals surface area (Å²) in [5.41, 5.74) is 0.835. The van der Waals surface area contributed by atoms with E-state index in [1.165, 1.54) is 6.92 Å². The third-order valence-corrected chi connectivity index (χ3v) is 4.33. The molecule has 24 heavy (non-hydrogen) atoms. The average molecular weight is 346 g/mol. The van der Waals surface area contributed by atoms with Gasteiger partial charge in [0.25, 0.3) is 0 Å². The zero-order chi connectivity index (χ0) is 17.5. The molecule has 0 saturated carbocycles. The second-order valence-electron chi connectivity index (χ2n) is 4.80. The van der Waals surface area contributed by atoms with Crippen molar-refractivity contribution >= 4 is 23.5 Å². The molecular formula is C16H18N4O3S. The van der Waals surface area contributed by atoms with Crippen LogP contribution in [-0.2, 0) is 20.9 Å². The van der Waals surface area contributed by atoms with Crippen LogP contribution in [0.1, 0.15) is 13.8 Å². The van der Waals surface area contributed by atoms with E-state index in [4.69, 9.17) is 4.74 Å². The van der Waals surface area contributed by atoms with Gasteiger partial charge in [-0.2, -0.15) is 0 Å². The third-order valence-electron chi connectivity index (χ3n) is 3.06. The highest BCUT2D eigenvalue weighted by atomic mass is 32.2. The van der Waals surface area contributed by atoms with Crippen LogP contribution in [0.25, 0.3) is 11.4 Å². The number of ether oxygens (including phenoxy) is 1. The summed E-state index contributed by atoms with van der Waals surface area (Å²) in [5, 5.41) is 7.78. The van der Waals surface area contributed by atoms with Gasteiger partial charge < -0.3 is 4.74 Å². The Morgan fingerprint density at radius 3 is 2.67 bits per heavy atom. The van der Waals surface area contributed by atoms with Gasteiger partial charge in [0, 0.05) is 24.5 Å². The standard InChI is InChI=1S/C16H18N4O3S/c1-4-10-20-14(12-6-8-17-9-7-12)18-19-16(20)24-13(11(3)21)15(22)23-5-2/h4,6-9,13H,1,5,10H2,2-3H3/t13-/m1/s1. The zero-order valence-corrected chi connectivity index (χ0v) is 14.3. The summed E-state index contributed by atoms with van der Waals surface area (Å²) in [4.78, 5) is 27.8. The molecule has 2 rings (SSSR count). The molecule has 0 aliphatic rings. The van der Waals surface area contributed by atoms with Crippen molar-refractivity contribution in [2.75, 3.05) is 6.61 Å². The largest absolute Gasteiger partial charge is 0.465 e. The van der Waals surface area contributed by atoms with Gasteiger partial charge in [-0.25, -0.2) is 0 Å². The fourth-order valence-corrected chi connectivity index (χ4v) is 2.92. The summed E-state index contributed by atoms with van der Waals surface area (Å²) in [5.74, 6) is -0.253. The molecule has 0 bridgehead atoms. The van der Waals surface area contributed by atoms with E-state index in [-0.39, 0.29) is 12.4 Å². The summed E-state index contributed by atoms with van der Waals surface area (Å²) in [7, 11) is 0. The van der Waals surface area contributed by atoms with Gasteiger partial charge in [-0.1, -0.05) is 17.8 Å². The number of aromatic nitrogens is 4. The molecule has 0 N–H and O–H groups in total. The van der Waals surface area contributed by atoms with Crippen molar-refractivity contribution in [3.05, 3.63) is 37.2 Å². The monoisotopic (exact) mass is 346 g/mol. The zero-order valence-electron chi connectivity index (χ0n) is 13.5. The van der Waals surface area contributed by atoms with Crippen LogP contribution in [-0.4, -0.2) is 43.4 Å². The molecule has 0 spiro atoms. The number of ketones is 1. The number of carbonyl (C=O) groups is 2. The van der Waals surface area contributed by atoms with Crippen molar-refractivity contribution in [2.24, 2.45) is 0 Å². The van der Waals surface area contributed by atoms with Crippen LogP contribution in [0.5, 0.6) is 0 Å². The number of hydrogen-bond donors (Lipinski definition) is 0. The molecule has 8 heteroatoms. The quantitative estimate of drug-likeness (QED) is 0.313. The average Bonchev–Trinajstić information content (AvgIpc) is 2.96. The fraction of sp³-hybridized carbons (Fsp3) is 0.312. The van der Waals surface area contributed by atoms with Crippen molar-refractivity contribution in [1.82, 2.24) is 19.7 Å². The van der Waals surface area contributed by atoms with Crippen molar-refractivity contribution in [2.45, 2.75) is 30.8 Å². The highest BCUT2D eigenvalue weighted by molar-refractivity contribution is 8.01. The van der Waals surface area contributed by atoms with E-state index in [9.17, 15) is 9.59 Å². The van der Waals surface area contributed by atoms with Crippen molar-refractivity contribution in [3.8, 4) is 11.4 Å². The third kappa shape index (κ3) is 4.08. The Hall–Kier alpha value is -2.48. The van der Waals surface area contributed by atoms with E-state index in [0.717, 1.165) is 17.3 Å². The number of carbonyl (C=O) groups excluding carboxylic acids is 2. The topological polar surface area (TPSA) is 87.0 Å². The first-order valence-electron chi connectivity index (χ1n) is 7.36. The van der Waals surface area contributed by atoms with Crippen LogP contribution >= 0.6 is 11.8 Å². The Balaban J connectivity index is 2.36.